The van der Waals surface area contributed by atoms with Gasteiger partial charge in [0, 0.05) is 35.2 Å². The number of sulfone groups is 1. The van der Waals surface area contributed by atoms with Crippen molar-refractivity contribution in [2.75, 3.05) is 13.1 Å². The zero-order valence-electron chi connectivity index (χ0n) is 19.5. The van der Waals surface area contributed by atoms with Crippen LogP contribution in [0.4, 0.5) is 13.2 Å². The molecule has 1 fully saturated rings. The molecule has 192 valence electrons. The lowest BCUT2D eigenvalue weighted by Gasteiger charge is -2.40. The third-order valence-corrected chi connectivity index (χ3v) is 9.83. The Morgan fingerprint density at radius 2 is 1.75 bits per heavy atom. The summed E-state index contributed by atoms with van der Waals surface area (Å²) < 4.78 is 64.8. The van der Waals surface area contributed by atoms with Crippen LogP contribution in [0.5, 0.6) is 0 Å². The van der Waals surface area contributed by atoms with Gasteiger partial charge < -0.3 is 9.88 Å². The van der Waals surface area contributed by atoms with Crippen LogP contribution in [-0.4, -0.2) is 42.0 Å². The van der Waals surface area contributed by atoms with Gasteiger partial charge >= 0.3 is 6.18 Å². The molecule has 0 unspecified atom stereocenters. The average Bonchev–Trinajstić information content (AvgIpc) is 2.84. The van der Waals surface area contributed by atoms with Crippen molar-refractivity contribution < 1.29 is 26.4 Å². The van der Waals surface area contributed by atoms with E-state index in [1.165, 1.54) is 37.1 Å². The molecular formula is C25H24ClF3N2O4S. The number of alkyl halides is 3. The summed E-state index contributed by atoms with van der Waals surface area (Å²) in [5, 5.41) is 0.652. The minimum absolute atomic E-state index is 0.0425. The summed E-state index contributed by atoms with van der Waals surface area (Å²) in [6.07, 6.45) is -2.68. The summed E-state index contributed by atoms with van der Waals surface area (Å²) in [5.41, 5.74) is -0.979. The summed E-state index contributed by atoms with van der Waals surface area (Å²) in [6.45, 7) is 3.42. The highest BCUT2D eigenvalue weighted by Gasteiger charge is 2.45. The molecule has 2 heterocycles. The van der Waals surface area contributed by atoms with Crippen LogP contribution in [0.3, 0.4) is 0 Å². The quantitative estimate of drug-likeness (QED) is 0.486. The second kappa shape index (κ2) is 9.23. The maximum absolute atomic E-state index is 13.4. The molecule has 0 radical (unpaired) electrons. The summed E-state index contributed by atoms with van der Waals surface area (Å²) in [6, 6.07) is 8.50. The number of pyridine rings is 1. The number of benzene rings is 2. The van der Waals surface area contributed by atoms with E-state index in [0.717, 1.165) is 12.1 Å². The Morgan fingerprint density at radius 3 is 2.39 bits per heavy atom. The maximum atomic E-state index is 13.4. The first-order valence-electron chi connectivity index (χ1n) is 11.3. The molecule has 0 aliphatic carbocycles. The minimum Gasteiger partial charge on any atom is -0.360 e. The Hall–Kier alpha value is -2.85. The van der Waals surface area contributed by atoms with Gasteiger partial charge in [0.05, 0.1) is 15.2 Å². The van der Waals surface area contributed by atoms with Gasteiger partial charge in [0.15, 0.2) is 9.84 Å². The zero-order chi connectivity index (χ0) is 26.5. The Kier molecular flexibility index (Phi) is 6.72. The predicted octanol–water partition coefficient (Wildman–Crippen LogP) is 5.31. The largest absolute Gasteiger partial charge is 0.416 e. The normalized spacial score (nSPS) is 15.9. The standard InChI is InChI=1S/C25H24ClF3N2O4S/c1-24(2,36(34,35)18-5-3-4-16(12-18)25(27,28)29)15-8-10-31(11-9-15)23(33)20-14-30-21-7-6-17(26)13-19(21)22(20)32/h3-7,12-15H,8-11H2,1-2H3,(H,30,32). The molecule has 1 aromatic heterocycles. The lowest BCUT2D eigenvalue weighted by molar-refractivity contribution is -0.137. The molecule has 6 nitrogen and oxygen atoms in total. The fraction of sp³-hybridized carbons (Fsp3) is 0.360. The highest BCUT2D eigenvalue weighted by atomic mass is 35.5. The lowest BCUT2D eigenvalue weighted by atomic mass is 9.85. The SMILES string of the molecule is CC(C)(C1CCN(C(=O)c2c[nH]c3ccc(Cl)cc3c2=O)CC1)S(=O)(=O)c1cccc(C(F)(F)F)c1. The van der Waals surface area contributed by atoms with Crippen LogP contribution in [0.15, 0.2) is 58.4 Å². The van der Waals surface area contributed by atoms with Crippen molar-refractivity contribution in [3.8, 4) is 0 Å². The number of nitrogens with one attached hydrogen (secondary N) is 1. The van der Waals surface area contributed by atoms with Crippen LogP contribution >= 0.6 is 11.6 Å². The van der Waals surface area contributed by atoms with Crippen molar-refractivity contribution in [1.29, 1.82) is 0 Å². The van der Waals surface area contributed by atoms with Crippen LogP contribution in [0.2, 0.25) is 5.02 Å². The highest BCUT2D eigenvalue weighted by Crippen LogP contribution is 2.39. The summed E-state index contributed by atoms with van der Waals surface area (Å²) >= 11 is 5.99. The molecule has 3 aromatic rings. The molecule has 1 aliphatic rings. The Labute approximate surface area is 211 Å². The van der Waals surface area contributed by atoms with Gasteiger partial charge in [-0.05, 0) is 69.0 Å². The Balaban J connectivity index is 1.53. The third-order valence-electron chi connectivity index (χ3n) is 7.00. The van der Waals surface area contributed by atoms with Crippen molar-refractivity contribution in [2.45, 2.75) is 42.5 Å². The fourth-order valence-electron chi connectivity index (χ4n) is 4.66. The highest BCUT2D eigenvalue weighted by molar-refractivity contribution is 7.92. The number of H-pyrrole nitrogens is 1. The molecule has 36 heavy (non-hydrogen) atoms. The molecule has 0 spiro atoms. The number of hydrogen-bond donors (Lipinski definition) is 1. The van der Waals surface area contributed by atoms with Gasteiger partial charge in [0.1, 0.15) is 5.56 Å². The number of carbonyl (C=O) groups is 1. The molecule has 11 heteroatoms. The van der Waals surface area contributed by atoms with E-state index in [1.807, 2.05) is 0 Å². The minimum atomic E-state index is -4.66. The monoisotopic (exact) mass is 540 g/mol. The van der Waals surface area contributed by atoms with Crippen LogP contribution in [0.1, 0.15) is 42.6 Å². The van der Waals surface area contributed by atoms with E-state index in [9.17, 15) is 31.2 Å². The van der Waals surface area contributed by atoms with Gasteiger partial charge in [-0.15, -0.1) is 0 Å². The molecule has 2 aromatic carbocycles. The second-order valence-electron chi connectivity index (χ2n) is 9.42. The van der Waals surface area contributed by atoms with Crippen LogP contribution in [0.25, 0.3) is 10.9 Å². The molecule has 1 amide bonds. The van der Waals surface area contributed by atoms with E-state index in [-0.39, 0.29) is 28.9 Å². The van der Waals surface area contributed by atoms with E-state index in [1.54, 1.807) is 12.1 Å². The molecule has 0 atom stereocenters. The molecule has 1 saturated heterocycles. The van der Waals surface area contributed by atoms with Gasteiger partial charge in [0.2, 0.25) is 5.43 Å². The van der Waals surface area contributed by atoms with Crippen LogP contribution < -0.4 is 5.43 Å². The number of aromatic amines is 1. The first-order chi connectivity index (χ1) is 16.7. The average molecular weight is 541 g/mol. The van der Waals surface area contributed by atoms with Crippen molar-refractivity contribution in [2.24, 2.45) is 5.92 Å². The molecule has 0 bridgehead atoms. The summed E-state index contributed by atoms with van der Waals surface area (Å²) in [4.78, 5) is 30.0. The molecule has 0 saturated carbocycles. The van der Waals surface area contributed by atoms with Crippen LogP contribution in [-0.2, 0) is 16.0 Å². The number of rotatable bonds is 4. The first kappa shape index (κ1) is 26.2. The van der Waals surface area contributed by atoms with Crippen molar-refractivity contribution >= 4 is 38.2 Å². The smallest absolute Gasteiger partial charge is 0.360 e. The number of hydrogen-bond acceptors (Lipinski definition) is 4. The van der Waals surface area contributed by atoms with Crippen molar-refractivity contribution in [3.63, 3.8) is 0 Å². The summed E-state index contributed by atoms with van der Waals surface area (Å²) in [5.74, 6) is -0.884. The number of nitrogens with zero attached hydrogens (tertiary/aromatic N) is 1. The number of likely N-dealkylation sites (tertiary alicyclic amines) is 1. The lowest BCUT2D eigenvalue weighted by Crippen LogP contribution is -2.48. The van der Waals surface area contributed by atoms with E-state index in [2.05, 4.69) is 4.98 Å². The Morgan fingerprint density at radius 1 is 1.08 bits per heavy atom. The number of amides is 1. The van der Waals surface area contributed by atoms with Gasteiger partial charge in [-0.25, -0.2) is 8.42 Å². The van der Waals surface area contributed by atoms with Gasteiger partial charge in [-0.1, -0.05) is 17.7 Å². The predicted molar refractivity (Wildman–Crippen MR) is 131 cm³/mol. The molecule has 4 rings (SSSR count). The zero-order valence-corrected chi connectivity index (χ0v) is 21.1. The Bertz CT molecular complexity index is 1490. The number of fused-ring (bicyclic) bond motifs is 1. The van der Waals surface area contributed by atoms with E-state index >= 15 is 0 Å². The van der Waals surface area contributed by atoms with Gasteiger partial charge in [-0.3, -0.25) is 9.59 Å². The fourth-order valence-corrected chi connectivity index (χ4v) is 6.65. The molecule has 1 N–H and O–H groups in total. The summed E-state index contributed by atoms with van der Waals surface area (Å²) in [7, 11) is -4.12. The van der Waals surface area contributed by atoms with E-state index in [4.69, 9.17) is 11.6 Å². The maximum Gasteiger partial charge on any atom is 0.416 e. The first-order valence-corrected chi connectivity index (χ1v) is 13.1. The second-order valence-corrected chi connectivity index (χ2v) is 12.4. The number of halogens is 4. The topological polar surface area (TPSA) is 87.3 Å². The number of aromatic nitrogens is 1. The molecular weight excluding hydrogens is 517 g/mol. The number of carbonyl (C=O) groups excluding carboxylic acids is 1. The van der Waals surface area contributed by atoms with Gasteiger partial charge in [0.25, 0.3) is 5.91 Å². The molecule has 1 aliphatic heterocycles. The van der Waals surface area contributed by atoms with E-state index < -0.39 is 43.6 Å². The van der Waals surface area contributed by atoms with E-state index in [0.29, 0.717) is 29.4 Å². The van der Waals surface area contributed by atoms with Crippen molar-refractivity contribution in [1.82, 2.24) is 9.88 Å². The third kappa shape index (κ3) is 4.64. The van der Waals surface area contributed by atoms with Crippen molar-refractivity contribution in [3.05, 3.63) is 75.0 Å². The van der Waals surface area contributed by atoms with Crippen LogP contribution in [0, 0.1) is 5.92 Å². The number of piperidine rings is 1. The van der Waals surface area contributed by atoms with Gasteiger partial charge in [-0.2, -0.15) is 13.2 Å².